The van der Waals surface area contributed by atoms with Gasteiger partial charge in [-0.1, -0.05) is 19.3 Å². The fraction of sp³-hybridized carbons (Fsp3) is 0.500. The smallest absolute Gasteiger partial charge is 0.327 e. The first-order valence-electron chi connectivity index (χ1n) is 5.95. The van der Waals surface area contributed by atoms with Crippen molar-refractivity contribution in [1.82, 2.24) is 0 Å². The summed E-state index contributed by atoms with van der Waals surface area (Å²) >= 11 is 0. The molecule has 0 spiro atoms. The molecule has 0 unspecified atom stereocenters. The van der Waals surface area contributed by atoms with Gasteiger partial charge in [0, 0.05) is 18.7 Å². The zero-order valence-electron chi connectivity index (χ0n) is 9.79. The second-order valence-electron chi connectivity index (χ2n) is 4.55. The molecule has 1 aromatic rings. The highest BCUT2D eigenvalue weighted by Gasteiger charge is 2.22. The molecule has 0 radical (unpaired) electrons. The van der Waals surface area contributed by atoms with E-state index in [2.05, 4.69) is 5.32 Å². The molecule has 0 heterocycles. The van der Waals surface area contributed by atoms with Crippen LogP contribution in [0, 0.1) is 27.7 Å². The van der Waals surface area contributed by atoms with E-state index in [4.69, 9.17) is 0 Å². The number of hydrogen-bond acceptors (Lipinski definition) is 3. The Morgan fingerprint density at radius 3 is 2.67 bits per heavy atom. The maximum atomic E-state index is 13.3. The minimum absolute atomic E-state index is 0.0863. The van der Waals surface area contributed by atoms with E-state index in [1.54, 1.807) is 0 Å². The Bertz CT molecular complexity index is 462. The Hall–Kier alpha value is -1.72. The van der Waals surface area contributed by atoms with Crippen LogP contribution in [0.4, 0.5) is 20.2 Å². The topological polar surface area (TPSA) is 55.2 Å². The molecule has 1 aromatic carbocycles. The first-order valence-corrected chi connectivity index (χ1v) is 5.95. The summed E-state index contributed by atoms with van der Waals surface area (Å²) < 4.78 is 26.3. The number of rotatable bonds is 5. The van der Waals surface area contributed by atoms with Gasteiger partial charge in [-0.15, -0.1) is 0 Å². The van der Waals surface area contributed by atoms with Crippen LogP contribution in [0.25, 0.3) is 0 Å². The van der Waals surface area contributed by atoms with Crippen LogP contribution in [0.1, 0.15) is 25.7 Å². The lowest BCUT2D eigenvalue weighted by molar-refractivity contribution is -0.386. The van der Waals surface area contributed by atoms with Crippen molar-refractivity contribution >= 4 is 11.4 Å². The zero-order valence-corrected chi connectivity index (χ0v) is 9.79. The van der Waals surface area contributed by atoms with Gasteiger partial charge in [0.1, 0.15) is 11.5 Å². The van der Waals surface area contributed by atoms with E-state index >= 15 is 0 Å². The van der Waals surface area contributed by atoms with Crippen molar-refractivity contribution < 1.29 is 13.7 Å². The number of nitro benzene ring substituents is 1. The van der Waals surface area contributed by atoms with Crippen LogP contribution in [-0.4, -0.2) is 11.5 Å². The van der Waals surface area contributed by atoms with E-state index in [-0.39, 0.29) is 5.69 Å². The molecule has 4 nitrogen and oxygen atoms in total. The van der Waals surface area contributed by atoms with Crippen LogP contribution in [0.3, 0.4) is 0 Å². The van der Waals surface area contributed by atoms with Gasteiger partial charge in [-0.2, -0.15) is 4.39 Å². The van der Waals surface area contributed by atoms with Gasteiger partial charge in [0.15, 0.2) is 0 Å². The average molecular weight is 256 g/mol. The standard InChI is InChI=1S/C12H14F2N2O2/c13-9-6-10(14)12(16(17)18)11(7-9)15-5-4-8-2-1-3-8/h6-8,15H,1-5H2. The highest BCUT2D eigenvalue weighted by atomic mass is 19.1. The summed E-state index contributed by atoms with van der Waals surface area (Å²) in [7, 11) is 0. The van der Waals surface area contributed by atoms with Crippen LogP contribution in [0.5, 0.6) is 0 Å². The monoisotopic (exact) mass is 256 g/mol. The van der Waals surface area contributed by atoms with Crippen LogP contribution in [0.15, 0.2) is 12.1 Å². The molecule has 0 amide bonds. The van der Waals surface area contributed by atoms with Crippen molar-refractivity contribution in [3.63, 3.8) is 0 Å². The predicted molar refractivity (Wildman–Crippen MR) is 63.5 cm³/mol. The highest BCUT2D eigenvalue weighted by molar-refractivity contribution is 5.62. The molecule has 2 rings (SSSR count). The predicted octanol–water partition coefficient (Wildman–Crippen LogP) is 3.48. The number of hydrogen-bond donors (Lipinski definition) is 1. The summed E-state index contributed by atoms with van der Waals surface area (Å²) in [5, 5.41) is 13.5. The fourth-order valence-corrected chi connectivity index (χ4v) is 2.08. The van der Waals surface area contributed by atoms with E-state index in [0.29, 0.717) is 18.5 Å². The van der Waals surface area contributed by atoms with Gasteiger partial charge < -0.3 is 5.32 Å². The van der Waals surface area contributed by atoms with Gasteiger partial charge in [0.2, 0.25) is 5.82 Å². The lowest BCUT2D eigenvalue weighted by Gasteiger charge is -2.25. The second-order valence-corrected chi connectivity index (χ2v) is 4.55. The molecular weight excluding hydrogens is 242 g/mol. The summed E-state index contributed by atoms with van der Waals surface area (Å²) in [4.78, 5) is 9.89. The molecule has 0 atom stereocenters. The molecule has 0 saturated heterocycles. The van der Waals surface area contributed by atoms with E-state index in [1.165, 1.54) is 19.3 Å². The molecule has 6 heteroatoms. The Kier molecular flexibility index (Phi) is 3.74. The first kappa shape index (κ1) is 12.7. The lowest BCUT2D eigenvalue weighted by atomic mass is 9.83. The van der Waals surface area contributed by atoms with Gasteiger partial charge in [0.05, 0.1) is 4.92 Å². The van der Waals surface area contributed by atoms with Gasteiger partial charge in [-0.3, -0.25) is 10.1 Å². The molecule has 0 aromatic heterocycles. The molecular formula is C12H14F2N2O2. The van der Waals surface area contributed by atoms with Gasteiger partial charge in [-0.05, 0) is 12.3 Å². The van der Waals surface area contributed by atoms with Crippen molar-refractivity contribution in [2.75, 3.05) is 11.9 Å². The molecule has 1 aliphatic carbocycles. The second kappa shape index (κ2) is 5.29. The molecule has 1 fully saturated rings. The maximum absolute atomic E-state index is 13.3. The Morgan fingerprint density at radius 1 is 1.39 bits per heavy atom. The molecule has 0 aliphatic heterocycles. The fourth-order valence-electron chi connectivity index (χ4n) is 2.08. The van der Waals surface area contributed by atoms with Crippen molar-refractivity contribution in [2.24, 2.45) is 5.92 Å². The summed E-state index contributed by atoms with van der Waals surface area (Å²) in [6, 6.07) is 1.48. The lowest BCUT2D eigenvalue weighted by Crippen LogP contribution is -2.16. The SMILES string of the molecule is O=[N+]([O-])c1c(F)cc(F)cc1NCCC1CCC1. The molecule has 1 N–H and O–H groups in total. The number of anilines is 1. The average Bonchev–Trinajstić information content (AvgIpc) is 2.19. The Labute approximate surface area is 103 Å². The largest absolute Gasteiger partial charge is 0.379 e. The van der Waals surface area contributed by atoms with Crippen molar-refractivity contribution in [2.45, 2.75) is 25.7 Å². The first-order chi connectivity index (χ1) is 8.58. The van der Waals surface area contributed by atoms with Crippen LogP contribution < -0.4 is 5.32 Å². The molecule has 1 aliphatic rings. The summed E-state index contributed by atoms with van der Waals surface area (Å²) in [5.74, 6) is -1.33. The third-order valence-electron chi connectivity index (χ3n) is 3.30. The summed E-state index contributed by atoms with van der Waals surface area (Å²) in [6.45, 7) is 0.494. The summed E-state index contributed by atoms with van der Waals surface area (Å²) in [6.07, 6.45) is 4.43. The quantitative estimate of drug-likeness (QED) is 0.648. The van der Waals surface area contributed by atoms with Crippen LogP contribution in [-0.2, 0) is 0 Å². The molecule has 1 saturated carbocycles. The van der Waals surface area contributed by atoms with E-state index in [0.717, 1.165) is 12.5 Å². The van der Waals surface area contributed by atoms with E-state index in [9.17, 15) is 18.9 Å². The molecule has 98 valence electrons. The van der Waals surface area contributed by atoms with Gasteiger partial charge in [0.25, 0.3) is 0 Å². The number of nitrogens with one attached hydrogen (secondary N) is 1. The minimum Gasteiger partial charge on any atom is -0.379 e. The Balaban J connectivity index is 2.07. The third kappa shape index (κ3) is 2.75. The number of halogens is 2. The van der Waals surface area contributed by atoms with Crippen molar-refractivity contribution in [1.29, 1.82) is 0 Å². The van der Waals surface area contributed by atoms with E-state index < -0.39 is 22.2 Å². The Morgan fingerprint density at radius 2 is 2.11 bits per heavy atom. The summed E-state index contributed by atoms with van der Waals surface area (Å²) in [5.41, 5.74) is -0.776. The van der Waals surface area contributed by atoms with E-state index in [1.807, 2.05) is 0 Å². The maximum Gasteiger partial charge on any atom is 0.327 e. The number of benzene rings is 1. The van der Waals surface area contributed by atoms with Crippen molar-refractivity contribution in [3.8, 4) is 0 Å². The van der Waals surface area contributed by atoms with Crippen LogP contribution in [0.2, 0.25) is 0 Å². The van der Waals surface area contributed by atoms with Crippen molar-refractivity contribution in [3.05, 3.63) is 33.9 Å². The van der Waals surface area contributed by atoms with Gasteiger partial charge >= 0.3 is 5.69 Å². The van der Waals surface area contributed by atoms with Crippen LogP contribution >= 0.6 is 0 Å². The highest BCUT2D eigenvalue weighted by Crippen LogP contribution is 2.31. The molecule has 0 bridgehead atoms. The third-order valence-corrected chi connectivity index (χ3v) is 3.30. The minimum atomic E-state index is -1.15. The number of nitro groups is 1. The molecule has 18 heavy (non-hydrogen) atoms. The normalized spacial score (nSPS) is 15.2. The number of nitrogens with zero attached hydrogens (tertiary/aromatic N) is 1. The zero-order chi connectivity index (χ0) is 13.1. The van der Waals surface area contributed by atoms with Gasteiger partial charge in [-0.25, -0.2) is 4.39 Å².